The van der Waals surface area contributed by atoms with E-state index >= 15 is 0 Å². The van der Waals surface area contributed by atoms with E-state index in [4.69, 9.17) is 19.2 Å². The van der Waals surface area contributed by atoms with E-state index in [-0.39, 0.29) is 19.4 Å². The Morgan fingerprint density at radius 1 is 0.947 bits per heavy atom. The van der Waals surface area contributed by atoms with E-state index in [9.17, 15) is 4.79 Å². The van der Waals surface area contributed by atoms with Crippen LogP contribution in [0.25, 0.3) is 22.4 Å². The lowest BCUT2D eigenvalue weighted by Gasteiger charge is -2.22. The van der Waals surface area contributed by atoms with Crippen molar-refractivity contribution in [3.8, 4) is 22.9 Å². The number of hydrogen-bond acceptors (Lipinski definition) is 6. The summed E-state index contributed by atoms with van der Waals surface area (Å²) in [4.78, 5) is 20.6. The number of ether oxygens (including phenoxy) is 3. The second-order valence-corrected chi connectivity index (χ2v) is 8.82. The fraction of sp³-hybridized carbons (Fsp3) is 0.133. The van der Waals surface area contributed by atoms with Crippen molar-refractivity contribution in [2.75, 3.05) is 24.0 Å². The molecule has 0 spiro atoms. The van der Waals surface area contributed by atoms with Gasteiger partial charge in [-0.05, 0) is 48.4 Å². The molecule has 0 unspecified atom stereocenters. The molecule has 4 aromatic carbocycles. The normalized spacial score (nSPS) is 12.1. The SMILES string of the molecule is CCOC(=O)Nc1cc(NC(c2ccccc2)c2ccccc2)c2nc(-c3ccc4c(c3)OCO4)[nH]c2c1. The van der Waals surface area contributed by atoms with Gasteiger partial charge in [0.2, 0.25) is 6.79 Å². The van der Waals surface area contributed by atoms with Crippen LogP contribution in [0.15, 0.2) is 91.0 Å². The largest absolute Gasteiger partial charge is 0.454 e. The predicted molar refractivity (Wildman–Crippen MR) is 147 cm³/mol. The lowest BCUT2D eigenvalue weighted by atomic mass is 9.98. The quantitative estimate of drug-likeness (QED) is 0.226. The fourth-order valence-electron chi connectivity index (χ4n) is 4.57. The number of H-pyrrole nitrogens is 1. The molecule has 1 aliphatic rings. The summed E-state index contributed by atoms with van der Waals surface area (Å²) in [6.07, 6.45) is -0.518. The van der Waals surface area contributed by atoms with Crippen molar-refractivity contribution in [1.82, 2.24) is 9.97 Å². The molecule has 1 aliphatic heterocycles. The Bertz CT molecular complexity index is 1550. The van der Waals surface area contributed by atoms with Gasteiger partial charge >= 0.3 is 6.09 Å². The first-order valence-corrected chi connectivity index (χ1v) is 12.4. The monoisotopic (exact) mass is 506 g/mol. The van der Waals surface area contributed by atoms with Gasteiger partial charge in [0.25, 0.3) is 0 Å². The molecular formula is C30H26N4O4. The summed E-state index contributed by atoms with van der Waals surface area (Å²) in [5.41, 5.74) is 5.90. The third kappa shape index (κ3) is 4.71. The zero-order valence-corrected chi connectivity index (χ0v) is 20.7. The highest BCUT2D eigenvalue weighted by Gasteiger charge is 2.20. The molecule has 0 saturated heterocycles. The highest BCUT2D eigenvalue weighted by Crippen LogP contribution is 2.38. The molecule has 3 N–H and O–H groups in total. The Morgan fingerprint density at radius 2 is 1.66 bits per heavy atom. The number of benzene rings is 4. The van der Waals surface area contributed by atoms with Crippen molar-refractivity contribution < 1.29 is 19.0 Å². The van der Waals surface area contributed by atoms with Gasteiger partial charge in [0.15, 0.2) is 11.5 Å². The first-order valence-electron chi connectivity index (χ1n) is 12.4. The molecule has 2 heterocycles. The summed E-state index contributed by atoms with van der Waals surface area (Å²) in [6, 6.07) is 29.7. The molecule has 190 valence electrons. The van der Waals surface area contributed by atoms with Gasteiger partial charge in [-0.2, -0.15) is 0 Å². The highest BCUT2D eigenvalue weighted by atomic mass is 16.7. The van der Waals surface area contributed by atoms with Crippen LogP contribution in [0.4, 0.5) is 16.2 Å². The molecule has 0 aliphatic carbocycles. The fourth-order valence-corrected chi connectivity index (χ4v) is 4.57. The maximum atomic E-state index is 12.3. The van der Waals surface area contributed by atoms with Gasteiger partial charge in [-0.25, -0.2) is 9.78 Å². The van der Waals surface area contributed by atoms with Gasteiger partial charge in [0, 0.05) is 11.3 Å². The molecule has 0 bridgehead atoms. The van der Waals surface area contributed by atoms with Crippen LogP contribution in [-0.4, -0.2) is 29.5 Å². The van der Waals surface area contributed by atoms with E-state index in [1.807, 2.05) is 66.7 Å². The number of rotatable bonds is 7. The number of anilines is 2. The minimum atomic E-state index is -0.518. The van der Waals surface area contributed by atoms with Crippen molar-refractivity contribution in [1.29, 1.82) is 0 Å². The van der Waals surface area contributed by atoms with E-state index < -0.39 is 6.09 Å². The van der Waals surface area contributed by atoms with E-state index in [2.05, 4.69) is 39.9 Å². The molecule has 0 atom stereocenters. The van der Waals surface area contributed by atoms with Gasteiger partial charge in [0.1, 0.15) is 11.3 Å². The van der Waals surface area contributed by atoms with E-state index in [1.165, 1.54) is 0 Å². The topological polar surface area (TPSA) is 97.5 Å². The Hall–Kier alpha value is -4.98. The molecule has 1 amide bonds. The first-order chi connectivity index (χ1) is 18.7. The standard InChI is InChI=1S/C30H26N4O4/c1-2-36-30(35)31-22-16-23(32-27(19-9-5-3-6-10-19)20-11-7-4-8-12-20)28-24(17-22)33-29(34-28)21-13-14-25-26(15-21)38-18-37-25/h3-17,27,32H,2,18H2,1H3,(H,31,35)(H,33,34). The average Bonchev–Trinajstić information content (AvgIpc) is 3.59. The van der Waals surface area contributed by atoms with E-state index in [0.717, 1.165) is 33.4 Å². The number of amides is 1. The first kappa shape index (κ1) is 23.4. The molecular weight excluding hydrogens is 480 g/mol. The zero-order valence-electron chi connectivity index (χ0n) is 20.7. The zero-order chi connectivity index (χ0) is 25.9. The molecule has 8 nitrogen and oxygen atoms in total. The Balaban J connectivity index is 1.45. The molecule has 8 heteroatoms. The number of carbonyl (C=O) groups is 1. The highest BCUT2D eigenvalue weighted by molar-refractivity contribution is 5.97. The van der Waals surface area contributed by atoms with Crippen LogP contribution in [0.5, 0.6) is 11.5 Å². The number of aromatic amines is 1. The van der Waals surface area contributed by atoms with E-state index in [1.54, 1.807) is 6.92 Å². The maximum absolute atomic E-state index is 12.3. The third-order valence-corrected chi connectivity index (χ3v) is 6.32. The van der Waals surface area contributed by atoms with Crippen LogP contribution in [0.1, 0.15) is 24.1 Å². The van der Waals surface area contributed by atoms with Crippen molar-refractivity contribution in [3.63, 3.8) is 0 Å². The van der Waals surface area contributed by atoms with Crippen LogP contribution >= 0.6 is 0 Å². The third-order valence-electron chi connectivity index (χ3n) is 6.32. The van der Waals surface area contributed by atoms with Crippen molar-refractivity contribution in [2.24, 2.45) is 0 Å². The van der Waals surface area contributed by atoms with Gasteiger partial charge in [-0.3, -0.25) is 5.32 Å². The Morgan fingerprint density at radius 3 is 2.37 bits per heavy atom. The van der Waals surface area contributed by atoms with Crippen molar-refractivity contribution >= 4 is 28.5 Å². The second-order valence-electron chi connectivity index (χ2n) is 8.82. The number of carbonyl (C=O) groups excluding carboxylic acids is 1. The lowest BCUT2D eigenvalue weighted by Crippen LogP contribution is -2.15. The summed E-state index contributed by atoms with van der Waals surface area (Å²) in [6.45, 7) is 2.25. The van der Waals surface area contributed by atoms with Crippen molar-refractivity contribution in [3.05, 3.63) is 102 Å². The number of aromatic nitrogens is 2. The molecule has 1 aromatic heterocycles. The van der Waals surface area contributed by atoms with Crippen LogP contribution in [0.2, 0.25) is 0 Å². The van der Waals surface area contributed by atoms with Gasteiger partial charge in [-0.1, -0.05) is 60.7 Å². The van der Waals surface area contributed by atoms with E-state index in [0.29, 0.717) is 23.0 Å². The summed E-state index contributed by atoms with van der Waals surface area (Å²) in [5, 5.41) is 6.51. The number of imidazole rings is 1. The maximum Gasteiger partial charge on any atom is 0.411 e. The van der Waals surface area contributed by atoms with Gasteiger partial charge in [-0.15, -0.1) is 0 Å². The minimum Gasteiger partial charge on any atom is -0.454 e. The molecule has 38 heavy (non-hydrogen) atoms. The Kier molecular flexibility index (Phi) is 6.27. The van der Waals surface area contributed by atoms with Gasteiger partial charge in [0.05, 0.1) is 23.9 Å². The number of hydrogen-bond donors (Lipinski definition) is 3. The van der Waals surface area contributed by atoms with Crippen LogP contribution in [0, 0.1) is 0 Å². The summed E-state index contributed by atoms with van der Waals surface area (Å²) in [5.74, 6) is 2.06. The van der Waals surface area contributed by atoms with Crippen LogP contribution < -0.4 is 20.1 Å². The smallest absolute Gasteiger partial charge is 0.411 e. The van der Waals surface area contributed by atoms with Gasteiger partial charge < -0.3 is 24.5 Å². The van der Waals surface area contributed by atoms with Crippen LogP contribution in [0.3, 0.4) is 0 Å². The summed E-state index contributed by atoms with van der Waals surface area (Å²) < 4.78 is 16.1. The minimum absolute atomic E-state index is 0.149. The number of nitrogens with one attached hydrogen (secondary N) is 3. The molecule has 0 saturated carbocycles. The Labute approximate surface area is 219 Å². The predicted octanol–water partition coefficient (Wildman–Crippen LogP) is 6.73. The molecule has 5 aromatic rings. The summed E-state index contributed by atoms with van der Waals surface area (Å²) in [7, 11) is 0. The second kappa shape index (κ2) is 10.2. The summed E-state index contributed by atoms with van der Waals surface area (Å²) >= 11 is 0. The lowest BCUT2D eigenvalue weighted by molar-refractivity contribution is 0.168. The number of nitrogens with zero attached hydrogens (tertiary/aromatic N) is 1. The van der Waals surface area contributed by atoms with Crippen molar-refractivity contribution in [2.45, 2.75) is 13.0 Å². The molecule has 0 fully saturated rings. The average molecular weight is 507 g/mol. The van der Waals surface area contributed by atoms with Crippen LogP contribution in [-0.2, 0) is 4.74 Å². The number of fused-ring (bicyclic) bond motifs is 2. The molecule has 6 rings (SSSR count). The molecule has 0 radical (unpaired) electrons.